The van der Waals surface area contributed by atoms with Crippen LogP contribution >= 0.6 is 0 Å². The Morgan fingerprint density at radius 1 is 1.40 bits per heavy atom. The fourth-order valence-electron chi connectivity index (χ4n) is 2.25. The van der Waals surface area contributed by atoms with Crippen LogP contribution in [0.3, 0.4) is 0 Å². The second-order valence-electron chi connectivity index (χ2n) is 7.04. The summed E-state index contributed by atoms with van der Waals surface area (Å²) in [4.78, 5) is 39.7. The highest BCUT2D eigenvalue weighted by Gasteiger charge is 2.26. The van der Waals surface area contributed by atoms with E-state index in [0.29, 0.717) is 25.8 Å². The molecule has 0 saturated carbocycles. The maximum absolute atomic E-state index is 12.3. The van der Waals surface area contributed by atoms with Crippen LogP contribution in [0.5, 0.6) is 0 Å². The van der Waals surface area contributed by atoms with Crippen LogP contribution in [0.1, 0.15) is 53.4 Å². The van der Waals surface area contributed by atoms with Crippen molar-refractivity contribution in [2.45, 2.75) is 65.0 Å². The maximum atomic E-state index is 12.3. The van der Waals surface area contributed by atoms with E-state index in [9.17, 15) is 14.4 Å². The molecule has 1 atom stereocenters. The number of ether oxygens (including phenoxy) is 1. The Morgan fingerprint density at radius 2 is 2.08 bits per heavy atom. The zero-order valence-electron chi connectivity index (χ0n) is 15.3. The normalized spacial score (nSPS) is 17.6. The van der Waals surface area contributed by atoms with E-state index in [4.69, 9.17) is 10.5 Å². The van der Waals surface area contributed by atoms with Gasteiger partial charge in [-0.05, 0) is 53.5 Å². The minimum Gasteiger partial charge on any atom is -0.458 e. The lowest BCUT2D eigenvalue weighted by molar-refractivity contribution is -0.157. The van der Waals surface area contributed by atoms with E-state index in [1.54, 1.807) is 27.7 Å². The van der Waals surface area contributed by atoms with E-state index in [0.717, 1.165) is 12.0 Å². The van der Waals surface area contributed by atoms with Crippen molar-refractivity contribution in [3.05, 3.63) is 11.6 Å². The van der Waals surface area contributed by atoms with Crippen LogP contribution in [0.15, 0.2) is 16.6 Å². The molecule has 0 aliphatic carbocycles. The maximum Gasteiger partial charge on any atom is 0.343 e. The van der Waals surface area contributed by atoms with E-state index in [-0.39, 0.29) is 11.7 Å². The molecule has 0 spiro atoms. The second-order valence-corrected chi connectivity index (χ2v) is 7.04. The number of esters is 1. The van der Waals surface area contributed by atoms with Gasteiger partial charge >= 0.3 is 12.0 Å². The average Bonchev–Trinajstić information content (AvgIpc) is 2.43. The lowest BCUT2D eigenvalue weighted by Gasteiger charge is -2.24. The largest absolute Gasteiger partial charge is 0.458 e. The lowest BCUT2D eigenvalue weighted by Crippen LogP contribution is -2.44. The molecule has 140 valence electrons. The molecule has 1 aliphatic heterocycles. The highest BCUT2D eigenvalue weighted by Crippen LogP contribution is 2.12. The highest BCUT2D eigenvalue weighted by atomic mass is 16.6. The van der Waals surface area contributed by atoms with Crippen LogP contribution in [-0.4, -0.2) is 41.9 Å². The van der Waals surface area contributed by atoms with Crippen molar-refractivity contribution < 1.29 is 19.1 Å². The molecule has 8 nitrogen and oxygen atoms in total. The third kappa shape index (κ3) is 8.44. The Morgan fingerprint density at radius 3 is 2.64 bits per heavy atom. The van der Waals surface area contributed by atoms with Gasteiger partial charge in [-0.25, -0.2) is 9.59 Å². The van der Waals surface area contributed by atoms with E-state index in [2.05, 4.69) is 15.6 Å². The van der Waals surface area contributed by atoms with Crippen molar-refractivity contribution in [1.82, 2.24) is 10.6 Å². The minimum atomic E-state index is -0.807. The van der Waals surface area contributed by atoms with Crippen LogP contribution in [0.2, 0.25) is 0 Å². The van der Waals surface area contributed by atoms with Gasteiger partial charge in [0.05, 0.1) is 0 Å². The summed E-state index contributed by atoms with van der Waals surface area (Å²) < 4.78 is 5.34. The number of carbonyl (C=O) groups is 3. The first-order valence-corrected chi connectivity index (χ1v) is 8.40. The van der Waals surface area contributed by atoms with Crippen LogP contribution in [0.25, 0.3) is 0 Å². The third-order valence-electron chi connectivity index (χ3n) is 3.26. The molecule has 3 amide bonds. The van der Waals surface area contributed by atoms with Gasteiger partial charge in [0.15, 0.2) is 0 Å². The van der Waals surface area contributed by atoms with Gasteiger partial charge in [0.2, 0.25) is 5.91 Å². The van der Waals surface area contributed by atoms with Crippen molar-refractivity contribution in [3.8, 4) is 0 Å². The second kappa shape index (κ2) is 9.31. The summed E-state index contributed by atoms with van der Waals surface area (Å²) in [5.74, 6) is -0.573. The fraction of sp³-hybridized carbons (Fsp3) is 0.647. The standard InChI is InChI=1S/C17H28N4O4/c1-11-9-13(20-14(22)10-11)21-16(24)19-12(7-5-6-8-18)15(23)25-17(2,3)4/h10,12H,5-9,18H2,1-4H3,(H2,19,20,21,22,24)/t12-/m0/s1. The monoisotopic (exact) mass is 352 g/mol. The summed E-state index contributed by atoms with van der Waals surface area (Å²) in [5.41, 5.74) is 5.63. The molecule has 8 heteroatoms. The first kappa shape index (κ1) is 20.8. The Balaban J connectivity index is 2.75. The molecule has 0 aromatic carbocycles. The molecular formula is C17H28N4O4. The van der Waals surface area contributed by atoms with Gasteiger partial charge in [-0.2, -0.15) is 4.99 Å². The average molecular weight is 352 g/mol. The molecule has 1 rings (SSSR count). The van der Waals surface area contributed by atoms with E-state index in [1.165, 1.54) is 6.08 Å². The third-order valence-corrected chi connectivity index (χ3v) is 3.26. The SMILES string of the molecule is CC1=CC(=O)NC(=NC(=O)N[C@@H](CCCCN)C(=O)OC(C)(C)C)C1. The topological polar surface area (TPSA) is 123 Å². The summed E-state index contributed by atoms with van der Waals surface area (Å²) in [6.07, 6.45) is 3.66. The number of amides is 3. The van der Waals surface area contributed by atoms with Crippen molar-refractivity contribution in [3.63, 3.8) is 0 Å². The summed E-state index contributed by atoms with van der Waals surface area (Å²) in [7, 11) is 0. The van der Waals surface area contributed by atoms with Gasteiger partial charge in [0.25, 0.3) is 0 Å². The molecule has 25 heavy (non-hydrogen) atoms. The van der Waals surface area contributed by atoms with Gasteiger partial charge in [-0.1, -0.05) is 5.57 Å². The van der Waals surface area contributed by atoms with Gasteiger partial charge in [-0.3, -0.25) is 4.79 Å². The van der Waals surface area contributed by atoms with Gasteiger partial charge in [0, 0.05) is 12.5 Å². The lowest BCUT2D eigenvalue weighted by atomic mass is 10.1. The molecule has 1 heterocycles. The molecule has 0 aromatic rings. The molecule has 0 saturated heterocycles. The molecule has 0 fully saturated rings. The number of rotatable bonds is 6. The van der Waals surface area contributed by atoms with Crippen LogP contribution in [0.4, 0.5) is 4.79 Å². The highest BCUT2D eigenvalue weighted by molar-refractivity contribution is 6.09. The zero-order chi connectivity index (χ0) is 19.0. The number of carbonyl (C=O) groups excluding carboxylic acids is 3. The van der Waals surface area contributed by atoms with E-state index in [1.807, 2.05) is 0 Å². The van der Waals surface area contributed by atoms with Crippen molar-refractivity contribution >= 4 is 23.7 Å². The van der Waals surface area contributed by atoms with E-state index >= 15 is 0 Å². The van der Waals surface area contributed by atoms with Crippen LogP contribution in [-0.2, 0) is 14.3 Å². The number of hydrogen-bond donors (Lipinski definition) is 3. The minimum absolute atomic E-state index is 0.257. The molecule has 1 aliphatic rings. The van der Waals surface area contributed by atoms with Crippen molar-refractivity contribution in [2.24, 2.45) is 10.7 Å². The van der Waals surface area contributed by atoms with Crippen LogP contribution < -0.4 is 16.4 Å². The van der Waals surface area contributed by atoms with E-state index < -0.39 is 23.6 Å². The summed E-state index contributed by atoms with van der Waals surface area (Å²) in [6.45, 7) is 7.57. The van der Waals surface area contributed by atoms with Gasteiger partial charge < -0.3 is 21.1 Å². The molecule has 0 aromatic heterocycles. The Labute approximate surface area is 148 Å². The summed E-state index contributed by atoms with van der Waals surface area (Å²) in [6, 6.07) is -1.49. The number of amidine groups is 1. The first-order valence-electron chi connectivity index (χ1n) is 8.40. The van der Waals surface area contributed by atoms with Crippen molar-refractivity contribution in [2.75, 3.05) is 6.54 Å². The predicted octanol–water partition coefficient (Wildman–Crippen LogP) is 1.40. The summed E-state index contributed by atoms with van der Waals surface area (Å²) >= 11 is 0. The molecular weight excluding hydrogens is 324 g/mol. The van der Waals surface area contributed by atoms with Crippen molar-refractivity contribution in [1.29, 1.82) is 0 Å². The molecule has 0 radical (unpaired) electrons. The van der Waals surface area contributed by atoms with Crippen LogP contribution in [0, 0.1) is 0 Å². The smallest absolute Gasteiger partial charge is 0.343 e. The zero-order valence-corrected chi connectivity index (χ0v) is 15.3. The number of aliphatic imine (C=N–C) groups is 1. The first-order chi connectivity index (χ1) is 11.6. The Kier molecular flexibility index (Phi) is 7.76. The predicted molar refractivity (Wildman–Crippen MR) is 95.0 cm³/mol. The van der Waals surface area contributed by atoms with Gasteiger partial charge in [0.1, 0.15) is 17.5 Å². The number of nitrogens with two attached hydrogens (primary N) is 1. The molecule has 0 bridgehead atoms. The molecule has 4 N–H and O–H groups in total. The number of nitrogens with one attached hydrogen (secondary N) is 2. The Hall–Kier alpha value is -2.22. The van der Waals surface area contributed by atoms with Gasteiger partial charge in [-0.15, -0.1) is 0 Å². The number of hydrogen-bond acceptors (Lipinski definition) is 5. The Bertz CT molecular complexity index is 576. The number of urea groups is 1. The number of unbranched alkanes of at least 4 members (excludes halogenated alkanes) is 1. The molecule has 0 unspecified atom stereocenters. The quantitative estimate of drug-likeness (QED) is 0.492. The fourth-order valence-corrected chi connectivity index (χ4v) is 2.25. The number of nitrogens with zero attached hydrogens (tertiary/aromatic N) is 1. The summed E-state index contributed by atoms with van der Waals surface area (Å²) in [5, 5.41) is 5.07.